The minimum atomic E-state index is -3.90. The minimum Gasteiger partial charge on any atom is -0.304 e. The van der Waals surface area contributed by atoms with E-state index in [1.54, 1.807) is 5.01 Å². The van der Waals surface area contributed by atoms with Gasteiger partial charge >= 0.3 is 6.03 Å². The van der Waals surface area contributed by atoms with E-state index >= 15 is 0 Å². The molecule has 0 aliphatic carbocycles. The van der Waals surface area contributed by atoms with Crippen molar-refractivity contribution in [3.8, 4) is 0 Å². The number of hydrogen-bond acceptors (Lipinski definition) is 5. The maximum Gasteiger partial charge on any atom is 0.343 e. The molecule has 0 saturated carbocycles. The average Bonchev–Trinajstić information content (AvgIpc) is 2.41. The summed E-state index contributed by atoms with van der Waals surface area (Å²) in [5.74, 6) is 0. The average molecular weight is 333 g/mol. The lowest BCUT2D eigenvalue weighted by Gasteiger charge is -2.32. The molecule has 1 heterocycles. The van der Waals surface area contributed by atoms with Crippen LogP contribution in [0.3, 0.4) is 0 Å². The first-order valence-electron chi connectivity index (χ1n) is 6.39. The summed E-state index contributed by atoms with van der Waals surface area (Å²) >= 11 is 5.70. The van der Waals surface area contributed by atoms with Gasteiger partial charge in [-0.25, -0.2) is 22.9 Å². The normalized spacial score (nSPS) is 17.4. The summed E-state index contributed by atoms with van der Waals surface area (Å²) in [6.07, 6.45) is 0. The Hall–Kier alpha value is -1.35. The van der Waals surface area contributed by atoms with E-state index in [1.165, 1.54) is 24.3 Å². The van der Waals surface area contributed by atoms with E-state index in [0.29, 0.717) is 18.1 Å². The number of halogens is 1. The second-order valence-electron chi connectivity index (χ2n) is 4.79. The van der Waals surface area contributed by atoms with E-state index in [9.17, 15) is 13.2 Å². The molecule has 0 bridgehead atoms. The number of hydrazine groups is 1. The van der Waals surface area contributed by atoms with Crippen LogP contribution in [0.15, 0.2) is 29.2 Å². The minimum absolute atomic E-state index is 0.0135. The number of likely N-dealkylation sites (N-methyl/N-ethyl adjacent to an activating group) is 1. The molecule has 7 nitrogen and oxygen atoms in total. The van der Waals surface area contributed by atoms with Crippen LogP contribution in [0.4, 0.5) is 4.79 Å². The molecule has 0 unspecified atom stereocenters. The van der Waals surface area contributed by atoms with Gasteiger partial charge < -0.3 is 4.90 Å². The van der Waals surface area contributed by atoms with E-state index in [0.717, 1.165) is 13.1 Å². The van der Waals surface area contributed by atoms with Crippen molar-refractivity contribution < 1.29 is 13.2 Å². The van der Waals surface area contributed by atoms with E-state index < -0.39 is 16.1 Å². The number of carbonyl (C=O) groups excluding carboxylic acids is 1. The van der Waals surface area contributed by atoms with Gasteiger partial charge in [-0.2, -0.15) is 0 Å². The number of nitrogens with zero attached hydrogens (tertiary/aromatic N) is 2. The van der Waals surface area contributed by atoms with E-state index in [-0.39, 0.29) is 4.90 Å². The molecule has 0 radical (unpaired) electrons. The first-order valence-corrected chi connectivity index (χ1v) is 8.25. The largest absolute Gasteiger partial charge is 0.343 e. The van der Waals surface area contributed by atoms with Crippen molar-refractivity contribution in [2.24, 2.45) is 0 Å². The number of benzene rings is 1. The van der Waals surface area contributed by atoms with Crippen molar-refractivity contribution in [1.29, 1.82) is 0 Å². The quantitative estimate of drug-likeness (QED) is 0.842. The van der Waals surface area contributed by atoms with Crippen LogP contribution in [0.5, 0.6) is 0 Å². The molecular weight excluding hydrogens is 316 g/mol. The molecule has 2 rings (SSSR count). The lowest BCUT2D eigenvalue weighted by atomic mass is 10.4. The van der Waals surface area contributed by atoms with Crippen molar-refractivity contribution in [3.63, 3.8) is 0 Å². The van der Waals surface area contributed by atoms with Crippen LogP contribution in [-0.2, 0) is 10.0 Å². The summed E-state index contributed by atoms with van der Waals surface area (Å²) in [4.78, 5) is 13.9. The molecule has 1 aliphatic rings. The van der Waals surface area contributed by atoms with E-state index in [1.807, 2.05) is 11.8 Å². The van der Waals surface area contributed by atoms with E-state index in [2.05, 4.69) is 10.3 Å². The monoisotopic (exact) mass is 332 g/mol. The number of hydrogen-bond donors (Lipinski definition) is 2. The smallest absolute Gasteiger partial charge is 0.304 e. The molecule has 1 aromatic carbocycles. The van der Waals surface area contributed by atoms with Gasteiger partial charge in [0.05, 0.1) is 4.90 Å². The molecule has 2 N–H and O–H groups in total. The Bertz CT molecular complexity index is 597. The van der Waals surface area contributed by atoms with E-state index in [4.69, 9.17) is 11.6 Å². The van der Waals surface area contributed by atoms with Crippen LogP contribution < -0.4 is 10.1 Å². The molecule has 116 valence electrons. The molecule has 9 heteroatoms. The molecule has 0 spiro atoms. The fourth-order valence-electron chi connectivity index (χ4n) is 1.88. The molecule has 0 atom stereocenters. The highest BCUT2D eigenvalue weighted by atomic mass is 35.5. The molecular formula is C12H17ClN4O3S. The number of rotatable bonds is 3. The molecule has 1 fully saturated rings. The van der Waals surface area contributed by atoms with Crippen molar-refractivity contribution in [2.45, 2.75) is 4.90 Å². The van der Waals surface area contributed by atoms with Gasteiger partial charge in [-0.15, -0.1) is 0 Å². The molecule has 2 amide bonds. The topological polar surface area (TPSA) is 81.8 Å². The number of urea groups is 1. The zero-order valence-electron chi connectivity index (χ0n) is 11.5. The fraction of sp³-hybridized carbons (Fsp3) is 0.417. The Morgan fingerprint density at radius 1 is 1.14 bits per heavy atom. The van der Waals surface area contributed by atoms with Gasteiger partial charge in [0, 0.05) is 31.2 Å². The fourth-order valence-corrected chi connectivity index (χ4v) is 2.91. The Labute approximate surface area is 128 Å². The van der Waals surface area contributed by atoms with Crippen LogP contribution in [0.1, 0.15) is 0 Å². The number of nitrogens with one attached hydrogen (secondary N) is 2. The highest BCUT2D eigenvalue weighted by molar-refractivity contribution is 7.90. The van der Waals surface area contributed by atoms with Crippen LogP contribution >= 0.6 is 11.6 Å². The summed E-state index contributed by atoms with van der Waals surface area (Å²) in [7, 11) is -1.91. The van der Waals surface area contributed by atoms with Gasteiger partial charge in [-0.05, 0) is 31.3 Å². The van der Waals surface area contributed by atoms with Gasteiger partial charge in [0.25, 0.3) is 10.0 Å². The van der Waals surface area contributed by atoms with Crippen molar-refractivity contribution in [3.05, 3.63) is 29.3 Å². The van der Waals surface area contributed by atoms with Crippen molar-refractivity contribution in [2.75, 3.05) is 33.2 Å². The Balaban J connectivity index is 1.93. The second kappa shape index (κ2) is 6.61. The highest BCUT2D eigenvalue weighted by Crippen LogP contribution is 2.13. The second-order valence-corrected chi connectivity index (χ2v) is 6.91. The van der Waals surface area contributed by atoms with Crippen LogP contribution in [0.2, 0.25) is 5.02 Å². The zero-order chi connectivity index (χ0) is 15.5. The highest BCUT2D eigenvalue weighted by Gasteiger charge is 2.20. The van der Waals surface area contributed by atoms with Gasteiger partial charge in [0.1, 0.15) is 0 Å². The lowest BCUT2D eigenvalue weighted by Crippen LogP contribution is -2.55. The summed E-state index contributed by atoms with van der Waals surface area (Å²) in [5, 5.41) is 2.11. The predicted molar refractivity (Wildman–Crippen MR) is 79.4 cm³/mol. The Morgan fingerprint density at radius 3 is 2.29 bits per heavy atom. The van der Waals surface area contributed by atoms with Crippen molar-refractivity contribution in [1.82, 2.24) is 20.1 Å². The van der Waals surface area contributed by atoms with Crippen LogP contribution in [-0.4, -0.2) is 57.6 Å². The summed E-state index contributed by atoms with van der Waals surface area (Å²) < 4.78 is 26.0. The SMILES string of the molecule is CN1CCN(NC(=O)NS(=O)(=O)c2ccc(Cl)cc2)CC1. The first kappa shape index (κ1) is 16.0. The standard InChI is InChI=1S/C12H17ClN4O3S/c1-16-6-8-17(9-7-16)14-12(18)15-21(19,20)11-4-2-10(13)3-5-11/h2-5H,6-9H2,1H3,(H2,14,15,18). The van der Waals surface area contributed by atoms with Crippen LogP contribution in [0, 0.1) is 0 Å². The molecule has 1 aromatic rings. The summed E-state index contributed by atoms with van der Waals surface area (Å²) in [5.41, 5.74) is 2.53. The van der Waals surface area contributed by atoms with Gasteiger partial charge in [0.15, 0.2) is 0 Å². The predicted octanol–water partition coefficient (Wildman–Crippen LogP) is 0.490. The number of sulfonamides is 1. The maximum absolute atomic E-state index is 12.0. The van der Waals surface area contributed by atoms with Gasteiger partial charge in [0.2, 0.25) is 0 Å². The number of piperazine rings is 1. The van der Waals surface area contributed by atoms with Gasteiger partial charge in [-0.3, -0.25) is 5.43 Å². The number of amides is 2. The van der Waals surface area contributed by atoms with Gasteiger partial charge in [-0.1, -0.05) is 11.6 Å². The molecule has 1 aliphatic heterocycles. The Kier molecular flexibility index (Phi) is 5.04. The maximum atomic E-state index is 12.0. The third-order valence-electron chi connectivity index (χ3n) is 3.11. The number of carbonyl (C=O) groups is 1. The lowest BCUT2D eigenvalue weighted by molar-refractivity contribution is 0.114. The summed E-state index contributed by atoms with van der Waals surface area (Å²) in [6, 6.07) is 4.82. The van der Waals surface area contributed by atoms with Crippen molar-refractivity contribution >= 4 is 27.7 Å². The molecule has 21 heavy (non-hydrogen) atoms. The summed E-state index contributed by atoms with van der Waals surface area (Å²) in [6.45, 7) is 2.91. The molecule has 1 saturated heterocycles. The molecule has 0 aromatic heterocycles. The first-order chi connectivity index (χ1) is 9.87. The van der Waals surface area contributed by atoms with Crippen LogP contribution in [0.25, 0.3) is 0 Å². The third kappa shape index (κ3) is 4.57. The third-order valence-corrected chi connectivity index (χ3v) is 4.71. The zero-order valence-corrected chi connectivity index (χ0v) is 13.1. The Morgan fingerprint density at radius 2 is 1.71 bits per heavy atom.